The van der Waals surface area contributed by atoms with Gasteiger partial charge < -0.3 is 10.2 Å². The van der Waals surface area contributed by atoms with E-state index in [1.54, 1.807) is 18.2 Å². The monoisotopic (exact) mass is 333 g/mol. The number of carbonyl (C=O) groups excluding carboxylic acids is 2. The lowest BCUT2D eigenvalue weighted by Gasteiger charge is -2.16. The van der Waals surface area contributed by atoms with Crippen molar-refractivity contribution in [2.75, 3.05) is 11.9 Å². The molecule has 126 valence electrons. The summed E-state index contributed by atoms with van der Waals surface area (Å²) in [5.41, 5.74) is 3.11. The minimum atomic E-state index is -0.192. The van der Waals surface area contributed by atoms with Gasteiger partial charge in [-0.25, -0.2) is 0 Å². The standard InChI is InChI=1S/C20H19N3O2/c21-11-10-15-6-8-18(9-7-15)22-20(25)17-4-1-3-16(13-17)14-23-12-2-5-19(23)24/h1,3-4,6-9,13H,2,5,10,12,14H2,(H,22,25). The Labute approximate surface area is 146 Å². The van der Waals surface area contributed by atoms with Gasteiger partial charge >= 0.3 is 0 Å². The van der Waals surface area contributed by atoms with Crippen molar-refractivity contribution in [1.29, 1.82) is 5.26 Å². The number of nitrogens with zero attached hydrogens (tertiary/aromatic N) is 2. The minimum absolute atomic E-state index is 0.173. The molecule has 1 heterocycles. The first-order chi connectivity index (χ1) is 12.2. The summed E-state index contributed by atoms with van der Waals surface area (Å²) < 4.78 is 0. The van der Waals surface area contributed by atoms with E-state index in [0.29, 0.717) is 30.6 Å². The van der Waals surface area contributed by atoms with E-state index in [4.69, 9.17) is 5.26 Å². The van der Waals surface area contributed by atoms with Crippen LogP contribution in [0.1, 0.15) is 34.3 Å². The molecule has 25 heavy (non-hydrogen) atoms. The minimum Gasteiger partial charge on any atom is -0.338 e. The topological polar surface area (TPSA) is 73.2 Å². The second kappa shape index (κ2) is 7.63. The molecule has 0 radical (unpaired) electrons. The van der Waals surface area contributed by atoms with Gasteiger partial charge in [-0.3, -0.25) is 9.59 Å². The Hall–Kier alpha value is -3.13. The van der Waals surface area contributed by atoms with Crippen LogP contribution < -0.4 is 5.32 Å². The molecule has 0 aromatic heterocycles. The van der Waals surface area contributed by atoms with Crippen LogP contribution in [0.5, 0.6) is 0 Å². The Bertz CT molecular complexity index is 822. The summed E-state index contributed by atoms with van der Waals surface area (Å²) in [5, 5.41) is 11.5. The van der Waals surface area contributed by atoms with E-state index in [9.17, 15) is 9.59 Å². The highest BCUT2D eigenvalue weighted by atomic mass is 16.2. The summed E-state index contributed by atoms with van der Waals surface area (Å²) in [6, 6.07) is 16.7. The first kappa shape index (κ1) is 16.7. The van der Waals surface area contributed by atoms with Crippen LogP contribution in [-0.2, 0) is 17.8 Å². The van der Waals surface area contributed by atoms with E-state index in [-0.39, 0.29) is 11.8 Å². The second-order valence-electron chi connectivity index (χ2n) is 6.11. The van der Waals surface area contributed by atoms with Gasteiger partial charge in [0.05, 0.1) is 12.5 Å². The van der Waals surface area contributed by atoms with Gasteiger partial charge in [0.25, 0.3) is 5.91 Å². The van der Waals surface area contributed by atoms with Crippen molar-refractivity contribution in [3.05, 3.63) is 65.2 Å². The van der Waals surface area contributed by atoms with E-state index < -0.39 is 0 Å². The molecule has 2 aromatic carbocycles. The molecule has 1 aliphatic heterocycles. The number of hydrogen-bond acceptors (Lipinski definition) is 3. The summed E-state index contributed by atoms with van der Waals surface area (Å²) in [6.07, 6.45) is 1.87. The van der Waals surface area contributed by atoms with Crippen LogP contribution in [0.3, 0.4) is 0 Å². The lowest BCUT2D eigenvalue weighted by atomic mass is 10.1. The highest BCUT2D eigenvalue weighted by Crippen LogP contribution is 2.16. The molecule has 3 rings (SSSR count). The quantitative estimate of drug-likeness (QED) is 0.913. The van der Waals surface area contributed by atoms with Gasteiger partial charge in [-0.2, -0.15) is 5.26 Å². The van der Waals surface area contributed by atoms with Crippen molar-refractivity contribution in [3.63, 3.8) is 0 Å². The summed E-state index contributed by atoms with van der Waals surface area (Å²) in [6.45, 7) is 1.33. The van der Waals surface area contributed by atoms with Gasteiger partial charge in [0, 0.05) is 30.8 Å². The predicted molar refractivity (Wildman–Crippen MR) is 94.8 cm³/mol. The Balaban J connectivity index is 1.66. The predicted octanol–water partition coefficient (Wildman–Crippen LogP) is 3.13. The SMILES string of the molecule is N#CCc1ccc(NC(=O)c2cccc(CN3CCCC3=O)c2)cc1. The van der Waals surface area contributed by atoms with Crippen LogP contribution in [-0.4, -0.2) is 23.3 Å². The summed E-state index contributed by atoms with van der Waals surface area (Å²) >= 11 is 0. The number of nitriles is 1. The molecule has 2 amide bonds. The molecular formula is C20H19N3O2. The number of hydrogen-bond donors (Lipinski definition) is 1. The Kier molecular flexibility index (Phi) is 5.10. The molecule has 1 aliphatic rings. The number of amides is 2. The lowest BCUT2D eigenvalue weighted by molar-refractivity contribution is -0.128. The van der Waals surface area contributed by atoms with Crippen LogP contribution >= 0.6 is 0 Å². The van der Waals surface area contributed by atoms with Gasteiger partial charge in [-0.05, 0) is 41.8 Å². The van der Waals surface area contributed by atoms with Gasteiger partial charge in [0.2, 0.25) is 5.91 Å². The summed E-state index contributed by atoms with van der Waals surface area (Å²) in [4.78, 5) is 26.0. The van der Waals surface area contributed by atoms with Gasteiger partial charge in [-0.1, -0.05) is 24.3 Å². The molecule has 5 heteroatoms. The molecule has 2 aromatic rings. The largest absolute Gasteiger partial charge is 0.338 e. The van der Waals surface area contributed by atoms with E-state index in [0.717, 1.165) is 24.1 Å². The lowest BCUT2D eigenvalue weighted by Crippen LogP contribution is -2.24. The number of likely N-dealkylation sites (tertiary alicyclic amines) is 1. The molecule has 1 saturated heterocycles. The maximum Gasteiger partial charge on any atom is 0.255 e. The van der Waals surface area contributed by atoms with Crippen molar-refractivity contribution in [2.45, 2.75) is 25.8 Å². The van der Waals surface area contributed by atoms with Gasteiger partial charge in [0.15, 0.2) is 0 Å². The Morgan fingerprint density at radius 3 is 2.64 bits per heavy atom. The normalized spacial score (nSPS) is 13.6. The molecule has 0 saturated carbocycles. The Morgan fingerprint density at radius 2 is 1.96 bits per heavy atom. The van der Waals surface area contributed by atoms with E-state index in [1.807, 2.05) is 35.2 Å². The van der Waals surface area contributed by atoms with Crippen molar-refractivity contribution in [1.82, 2.24) is 4.90 Å². The third-order valence-corrected chi connectivity index (χ3v) is 4.23. The number of nitrogens with one attached hydrogen (secondary N) is 1. The summed E-state index contributed by atoms with van der Waals surface area (Å²) in [5.74, 6) is -0.0186. The molecule has 0 bridgehead atoms. The third kappa shape index (κ3) is 4.24. The zero-order valence-electron chi connectivity index (χ0n) is 13.9. The number of benzene rings is 2. The van der Waals surface area contributed by atoms with Gasteiger partial charge in [0.1, 0.15) is 0 Å². The van der Waals surface area contributed by atoms with Crippen LogP contribution in [0.4, 0.5) is 5.69 Å². The molecule has 0 atom stereocenters. The van der Waals surface area contributed by atoms with Crippen molar-refractivity contribution >= 4 is 17.5 Å². The first-order valence-electron chi connectivity index (χ1n) is 8.29. The average molecular weight is 333 g/mol. The number of carbonyl (C=O) groups is 2. The average Bonchev–Trinajstić information content (AvgIpc) is 3.02. The highest BCUT2D eigenvalue weighted by molar-refractivity contribution is 6.04. The van der Waals surface area contributed by atoms with Crippen LogP contribution in [0.25, 0.3) is 0 Å². The van der Waals surface area contributed by atoms with Crippen LogP contribution in [0, 0.1) is 11.3 Å². The molecule has 1 fully saturated rings. The van der Waals surface area contributed by atoms with Crippen molar-refractivity contribution < 1.29 is 9.59 Å². The fourth-order valence-electron chi connectivity index (χ4n) is 2.90. The van der Waals surface area contributed by atoms with Crippen molar-refractivity contribution in [2.24, 2.45) is 0 Å². The zero-order chi connectivity index (χ0) is 17.6. The van der Waals surface area contributed by atoms with E-state index >= 15 is 0 Å². The third-order valence-electron chi connectivity index (χ3n) is 4.23. The maximum absolute atomic E-state index is 12.4. The van der Waals surface area contributed by atoms with E-state index in [1.165, 1.54) is 0 Å². The second-order valence-corrected chi connectivity index (χ2v) is 6.11. The molecule has 0 unspecified atom stereocenters. The van der Waals surface area contributed by atoms with Crippen LogP contribution in [0.15, 0.2) is 48.5 Å². The zero-order valence-corrected chi connectivity index (χ0v) is 13.9. The first-order valence-corrected chi connectivity index (χ1v) is 8.29. The van der Waals surface area contributed by atoms with Crippen molar-refractivity contribution in [3.8, 4) is 6.07 Å². The number of rotatable bonds is 5. The molecule has 0 spiro atoms. The Morgan fingerprint density at radius 1 is 1.16 bits per heavy atom. The highest BCUT2D eigenvalue weighted by Gasteiger charge is 2.20. The molecular weight excluding hydrogens is 314 g/mol. The van der Waals surface area contributed by atoms with Crippen LogP contribution in [0.2, 0.25) is 0 Å². The van der Waals surface area contributed by atoms with Gasteiger partial charge in [-0.15, -0.1) is 0 Å². The smallest absolute Gasteiger partial charge is 0.255 e. The maximum atomic E-state index is 12.4. The van der Waals surface area contributed by atoms with E-state index in [2.05, 4.69) is 11.4 Å². The summed E-state index contributed by atoms with van der Waals surface area (Å²) in [7, 11) is 0. The molecule has 1 N–H and O–H groups in total. The number of anilines is 1. The fraction of sp³-hybridized carbons (Fsp3) is 0.250. The molecule has 5 nitrogen and oxygen atoms in total. The fourth-order valence-corrected chi connectivity index (χ4v) is 2.90. The molecule has 0 aliphatic carbocycles.